The van der Waals surface area contributed by atoms with E-state index < -0.39 is 0 Å². The summed E-state index contributed by atoms with van der Waals surface area (Å²) in [6.45, 7) is 2.76. The number of benzene rings is 2. The molecule has 2 aromatic rings. The number of nitrogen functional groups attached to an aromatic ring is 1. The van der Waals surface area contributed by atoms with Gasteiger partial charge < -0.3 is 15.4 Å². The second-order valence-electron chi connectivity index (χ2n) is 5.56. The van der Waals surface area contributed by atoms with E-state index in [1.54, 1.807) is 23.1 Å². The van der Waals surface area contributed by atoms with Crippen LogP contribution >= 0.6 is 0 Å². The summed E-state index contributed by atoms with van der Waals surface area (Å²) in [5.41, 5.74) is 8.17. The highest BCUT2D eigenvalue weighted by Crippen LogP contribution is 2.37. The van der Waals surface area contributed by atoms with Gasteiger partial charge in [0.2, 0.25) is 0 Å². The summed E-state index contributed by atoms with van der Waals surface area (Å²) in [5, 5.41) is 0. The lowest BCUT2D eigenvalue weighted by Crippen LogP contribution is -2.38. The van der Waals surface area contributed by atoms with E-state index in [2.05, 4.69) is 6.92 Å². The van der Waals surface area contributed by atoms with Crippen LogP contribution in [0.4, 0.5) is 11.4 Å². The van der Waals surface area contributed by atoms with Crippen LogP contribution in [0.3, 0.4) is 0 Å². The summed E-state index contributed by atoms with van der Waals surface area (Å²) >= 11 is 0. The second kappa shape index (κ2) is 6.57. The molecule has 1 aliphatic rings. The predicted octanol–water partition coefficient (Wildman–Crippen LogP) is 3.84. The lowest BCUT2D eigenvalue weighted by molar-refractivity contribution is -0.117. The summed E-state index contributed by atoms with van der Waals surface area (Å²) in [5.74, 6) is 0.877. The Balaban J connectivity index is 2.00. The van der Waals surface area contributed by atoms with Crippen molar-refractivity contribution < 1.29 is 9.53 Å². The summed E-state index contributed by atoms with van der Waals surface area (Å²) in [7, 11) is 0. The van der Waals surface area contributed by atoms with Gasteiger partial charge in [0.25, 0.3) is 5.91 Å². The number of carbonyl (C=O) groups is 1. The van der Waals surface area contributed by atoms with Crippen molar-refractivity contribution in [3.63, 3.8) is 0 Å². The molecule has 0 radical (unpaired) electrons. The molecule has 1 heterocycles. The molecule has 1 aliphatic heterocycles. The first-order valence-corrected chi connectivity index (χ1v) is 7.85. The van der Waals surface area contributed by atoms with Crippen molar-refractivity contribution in [2.75, 3.05) is 17.2 Å². The van der Waals surface area contributed by atoms with Crippen molar-refractivity contribution in [2.24, 2.45) is 0 Å². The normalized spacial score (nSPS) is 15.4. The first-order valence-electron chi connectivity index (χ1n) is 7.85. The highest BCUT2D eigenvalue weighted by Gasteiger charge is 2.30. The third-order valence-electron chi connectivity index (χ3n) is 3.78. The zero-order chi connectivity index (χ0) is 16.2. The van der Waals surface area contributed by atoms with Crippen LogP contribution in [0.25, 0.3) is 6.08 Å². The van der Waals surface area contributed by atoms with Crippen LogP contribution in [0.5, 0.6) is 5.75 Å². The average molecular weight is 308 g/mol. The first kappa shape index (κ1) is 15.2. The summed E-state index contributed by atoms with van der Waals surface area (Å²) < 4.78 is 5.83. The van der Waals surface area contributed by atoms with Crippen LogP contribution < -0.4 is 15.4 Å². The van der Waals surface area contributed by atoms with Gasteiger partial charge in [-0.1, -0.05) is 43.7 Å². The van der Waals surface area contributed by atoms with E-state index in [4.69, 9.17) is 10.5 Å². The van der Waals surface area contributed by atoms with Crippen LogP contribution in [0, 0.1) is 0 Å². The minimum Gasteiger partial charge on any atom is -0.449 e. The van der Waals surface area contributed by atoms with Crippen molar-refractivity contribution >= 4 is 23.4 Å². The highest BCUT2D eigenvalue weighted by molar-refractivity contribution is 6.10. The molecule has 4 heteroatoms. The molecule has 3 rings (SSSR count). The lowest BCUT2D eigenvalue weighted by Gasteiger charge is -2.30. The van der Waals surface area contributed by atoms with Crippen molar-refractivity contribution in [2.45, 2.75) is 19.8 Å². The van der Waals surface area contributed by atoms with Crippen LogP contribution in [0.2, 0.25) is 0 Å². The number of rotatable bonds is 4. The number of unbranched alkanes of at least 4 members (excludes halogenated alkanes) is 1. The van der Waals surface area contributed by atoms with Crippen molar-refractivity contribution in [1.29, 1.82) is 0 Å². The molecule has 0 aromatic heterocycles. The molecule has 2 aromatic carbocycles. The van der Waals surface area contributed by atoms with E-state index in [9.17, 15) is 4.79 Å². The Morgan fingerprint density at radius 2 is 1.96 bits per heavy atom. The van der Waals surface area contributed by atoms with Gasteiger partial charge in [0.05, 0.1) is 5.69 Å². The summed E-state index contributed by atoms with van der Waals surface area (Å²) in [6, 6.07) is 15.1. The first-order chi connectivity index (χ1) is 11.2. The van der Waals surface area contributed by atoms with E-state index in [0.717, 1.165) is 24.1 Å². The van der Waals surface area contributed by atoms with Gasteiger partial charge in [-0.2, -0.15) is 0 Å². The molecule has 0 atom stereocenters. The van der Waals surface area contributed by atoms with Crippen LogP contribution in [-0.4, -0.2) is 12.5 Å². The maximum absolute atomic E-state index is 12.8. The van der Waals surface area contributed by atoms with Gasteiger partial charge in [0.15, 0.2) is 11.5 Å². The number of amides is 1. The maximum Gasteiger partial charge on any atom is 0.294 e. The van der Waals surface area contributed by atoms with E-state index in [0.29, 0.717) is 23.7 Å². The summed E-state index contributed by atoms with van der Waals surface area (Å²) in [6.07, 6.45) is 3.72. The van der Waals surface area contributed by atoms with E-state index in [1.165, 1.54) is 0 Å². The van der Waals surface area contributed by atoms with E-state index in [1.807, 2.05) is 36.4 Å². The largest absolute Gasteiger partial charge is 0.449 e. The number of anilines is 2. The van der Waals surface area contributed by atoms with Gasteiger partial charge in [-0.25, -0.2) is 0 Å². The van der Waals surface area contributed by atoms with Gasteiger partial charge in [0, 0.05) is 12.2 Å². The predicted molar refractivity (Wildman–Crippen MR) is 93.2 cm³/mol. The molecule has 118 valence electrons. The number of nitrogens with zero attached hydrogens (tertiary/aromatic N) is 1. The van der Waals surface area contributed by atoms with E-state index >= 15 is 0 Å². The Hall–Kier alpha value is -2.75. The Kier molecular flexibility index (Phi) is 4.33. The molecule has 0 unspecified atom stereocenters. The molecular formula is C19H20N2O2. The Morgan fingerprint density at radius 3 is 2.70 bits per heavy atom. The molecule has 4 nitrogen and oxygen atoms in total. The molecule has 23 heavy (non-hydrogen) atoms. The fourth-order valence-corrected chi connectivity index (χ4v) is 2.57. The van der Waals surface area contributed by atoms with Gasteiger partial charge in [0.1, 0.15) is 0 Å². The van der Waals surface area contributed by atoms with Gasteiger partial charge in [-0.3, -0.25) is 4.79 Å². The number of hydrogen-bond acceptors (Lipinski definition) is 3. The van der Waals surface area contributed by atoms with E-state index in [-0.39, 0.29) is 5.91 Å². The molecule has 0 saturated carbocycles. The van der Waals surface area contributed by atoms with Crippen molar-refractivity contribution in [1.82, 2.24) is 0 Å². The third kappa shape index (κ3) is 3.21. The van der Waals surface area contributed by atoms with Crippen molar-refractivity contribution in [3.05, 3.63) is 59.9 Å². The minimum atomic E-state index is -0.125. The fourth-order valence-electron chi connectivity index (χ4n) is 2.57. The molecule has 0 bridgehead atoms. The second-order valence-corrected chi connectivity index (χ2v) is 5.56. The molecule has 2 N–H and O–H groups in total. The van der Waals surface area contributed by atoms with Crippen LogP contribution in [0.1, 0.15) is 25.3 Å². The Morgan fingerprint density at radius 1 is 1.17 bits per heavy atom. The van der Waals surface area contributed by atoms with Crippen LogP contribution in [0.15, 0.2) is 54.3 Å². The van der Waals surface area contributed by atoms with Gasteiger partial charge in [-0.05, 0) is 36.3 Å². The smallest absolute Gasteiger partial charge is 0.294 e. The SMILES string of the molecule is CCCCN1C(=O)/C(=C\c2ccccc2)Oc2ccc(N)cc21. The zero-order valence-electron chi connectivity index (χ0n) is 13.2. The molecule has 1 amide bonds. The highest BCUT2D eigenvalue weighted by atomic mass is 16.5. The lowest BCUT2D eigenvalue weighted by atomic mass is 10.1. The Labute approximate surface area is 136 Å². The number of nitrogens with two attached hydrogens (primary N) is 1. The quantitative estimate of drug-likeness (QED) is 0.690. The number of fused-ring (bicyclic) bond motifs is 1. The third-order valence-corrected chi connectivity index (χ3v) is 3.78. The standard InChI is InChI=1S/C19H20N2O2/c1-2-3-11-21-16-13-15(20)9-10-17(16)23-18(19(21)22)12-14-7-5-4-6-8-14/h4-10,12-13H,2-3,11,20H2,1H3/b18-12+. The zero-order valence-corrected chi connectivity index (χ0v) is 13.2. The number of ether oxygens (including phenoxy) is 1. The topological polar surface area (TPSA) is 55.6 Å². The number of hydrogen-bond donors (Lipinski definition) is 1. The molecule has 0 fully saturated rings. The molecule has 0 saturated heterocycles. The molecular weight excluding hydrogens is 288 g/mol. The van der Waals surface area contributed by atoms with Crippen molar-refractivity contribution in [3.8, 4) is 5.75 Å². The summed E-state index contributed by atoms with van der Waals surface area (Å²) in [4.78, 5) is 14.6. The maximum atomic E-state index is 12.8. The van der Waals surface area contributed by atoms with Gasteiger partial charge >= 0.3 is 0 Å². The van der Waals surface area contributed by atoms with Gasteiger partial charge in [-0.15, -0.1) is 0 Å². The fraction of sp³-hybridized carbons (Fsp3) is 0.211. The monoisotopic (exact) mass is 308 g/mol. The molecule has 0 spiro atoms. The Bertz CT molecular complexity index is 738. The minimum absolute atomic E-state index is 0.125. The molecule has 0 aliphatic carbocycles. The van der Waals surface area contributed by atoms with Crippen LogP contribution in [-0.2, 0) is 4.79 Å². The number of carbonyl (C=O) groups excluding carboxylic acids is 1. The average Bonchev–Trinajstić information content (AvgIpc) is 2.56.